The minimum atomic E-state index is -3.68. The monoisotopic (exact) mass is 361 g/mol. The third-order valence-corrected chi connectivity index (χ3v) is 6.09. The number of sulfonamides is 1. The number of benzene rings is 1. The van der Waals surface area contributed by atoms with E-state index in [9.17, 15) is 13.5 Å². The minimum absolute atomic E-state index is 0.0758. The zero-order chi connectivity index (χ0) is 14.0. The number of para-hydroxylation sites is 1. The number of nitrogens with zero attached hydrogens (tertiary/aromatic N) is 1. The molecule has 0 atom stereocenters. The molecule has 4 nitrogen and oxygen atoms in total. The molecule has 1 heterocycles. The summed E-state index contributed by atoms with van der Waals surface area (Å²) in [5.41, 5.74) is 0. The number of hydrogen-bond donors (Lipinski definition) is 1. The maximum Gasteiger partial charge on any atom is 0.246 e. The summed E-state index contributed by atoms with van der Waals surface area (Å²) < 4.78 is 26.8. The molecule has 0 unspecified atom stereocenters. The Bertz CT molecular complexity index is 682. The molecule has 0 aliphatic rings. The summed E-state index contributed by atoms with van der Waals surface area (Å²) in [6, 6.07) is 7.81. The van der Waals surface area contributed by atoms with Crippen LogP contribution < -0.4 is 0 Å². The van der Waals surface area contributed by atoms with Gasteiger partial charge in [0.15, 0.2) is 0 Å². The fraction of sp³-hybridized carbons (Fsp3) is 0.167. The highest BCUT2D eigenvalue weighted by atomic mass is 79.9. The smallest absolute Gasteiger partial charge is 0.246 e. The number of halogens is 1. The Hall–Kier alpha value is -0.890. The molecule has 0 spiro atoms. The fourth-order valence-corrected chi connectivity index (χ4v) is 4.40. The Morgan fingerprint density at radius 3 is 2.63 bits per heavy atom. The van der Waals surface area contributed by atoms with E-state index in [1.54, 1.807) is 12.1 Å². The van der Waals surface area contributed by atoms with Crippen molar-refractivity contribution in [2.45, 2.75) is 11.4 Å². The van der Waals surface area contributed by atoms with E-state index in [1.807, 2.05) is 11.4 Å². The quantitative estimate of drug-likeness (QED) is 0.910. The molecule has 0 saturated heterocycles. The van der Waals surface area contributed by atoms with Crippen LogP contribution in [0.15, 0.2) is 45.1 Å². The van der Waals surface area contributed by atoms with Gasteiger partial charge in [0.2, 0.25) is 10.0 Å². The molecule has 0 aliphatic carbocycles. The summed E-state index contributed by atoms with van der Waals surface area (Å²) in [6.07, 6.45) is 0. The molecule has 1 aromatic heterocycles. The average Bonchev–Trinajstić information content (AvgIpc) is 2.75. The van der Waals surface area contributed by atoms with E-state index in [0.717, 1.165) is 9.35 Å². The molecule has 0 fully saturated rings. The average molecular weight is 362 g/mol. The van der Waals surface area contributed by atoms with E-state index in [4.69, 9.17) is 0 Å². The molecule has 2 aromatic rings. The van der Waals surface area contributed by atoms with Crippen LogP contribution in [0.1, 0.15) is 4.88 Å². The second kappa shape index (κ2) is 5.62. The molecule has 1 N–H and O–H groups in total. The van der Waals surface area contributed by atoms with Gasteiger partial charge in [-0.1, -0.05) is 12.1 Å². The van der Waals surface area contributed by atoms with Crippen LogP contribution in [-0.4, -0.2) is 24.9 Å². The van der Waals surface area contributed by atoms with Gasteiger partial charge < -0.3 is 5.11 Å². The third-order valence-electron chi connectivity index (χ3n) is 2.55. The van der Waals surface area contributed by atoms with Crippen molar-refractivity contribution in [3.8, 4) is 5.75 Å². The number of phenolic OH excluding ortho intramolecular Hbond substituents is 1. The van der Waals surface area contributed by atoms with E-state index in [-0.39, 0.29) is 17.2 Å². The molecule has 0 radical (unpaired) electrons. The maximum atomic E-state index is 12.3. The zero-order valence-electron chi connectivity index (χ0n) is 10.1. The first-order valence-corrected chi connectivity index (χ1v) is 8.50. The Labute approximate surface area is 124 Å². The molecular formula is C12H12BrNO3S2. The van der Waals surface area contributed by atoms with Crippen molar-refractivity contribution >= 4 is 37.3 Å². The first-order valence-electron chi connectivity index (χ1n) is 5.38. The lowest BCUT2D eigenvalue weighted by Gasteiger charge is -2.16. The Morgan fingerprint density at radius 2 is 2.05 bits per heavy atom. The van der Waals surface area contributed by atoms with Crippen LogP contribution in [0.3, 0.4) is 0 Å². The summed E-state index contributed by atoms with van der Waals surface area (Å²) in [5, 5.41) is 11.6. The predicted octanol–water partition coefficient (Wildman–Crippen LogP) is 3.04. The van der Waals surface area contributed by atoms with E-state index in [2.05, 4.69) is 15.9 Å². The second-order valence-electron chi connectivity index (χ2n) is 3.96. The van der Waals surface area contributed by atoms with Gasteiger partial charge in [0.1, 0.15) is 10.6 Å². The largest absolute Gasteiger partial charge is 0.507 e. The SMILES string of the molecule is CN(Cc1cc(Br)cs1)S(=O)(=O)c1ccccc1O. The highest BCUT2D eigenvalue weighted by molar-refractivity contribution is 9.10. The van der Waals surface area contributed by atoms with Gasteiger partial charge in [-0.2, -0.15) is 4.31 Å². The summed E-state index contributed by atoms with van der Waals surface area (Å²) in [4.78, 5) is 0.849. The summed E-state index contributed by atoms with van der Waals surface area (Å²) in [7, 11) is -2.19. The lowest BCUT2D eigenvalue weighted by molar-refractivity contribution is 0.441. The van der Waals surface area contributed by atoms with Gasteiger partial charge in [-0.05, 0) is 34.1 Å². The van der Waals surface area contributed by atoms with Crippen molar-refractivity contribution in [1.29, 1.82) is 0 Å². The van der Waals surface area contributed by atoms with Gasteiger partial charge in [0.05, 0.1) is 0 Å². The first kappa shape index (κ1) is 14.5. The van der Waals surface area contributed by atoms with E-state index < -0.39 is 10.0 Å². The summed E-state index contributed by atoms with van der Waals surface area (Å²) in [5.74, 6) is -0.235. The fourth-order valence-electron chi connectivity index (χ4n) is 1.58. The van der Waals surface area contributed by atoms with Gasteiger partial charge in [-0.25, -0.2) is 8.42 Å². The van der Waals surface area contributed by atoms with Crippen molar-refractivity contribution < 1.29 is 13.5 Å². The van der Waals surface area contributed by atoms with Crippen LogP contribution >= 0.6 is 27.3 Å². The number of hydrogen-bond acceptors (Lipinski definition) is 4. The lowest BCUT2D eigenvalue weighted by atomic mass is 10.3. The second-order valence-corrected chi connectivity index (χ2v) is 7.88. The van der Waals surface area contributed by atoms with Crippen molar-refractivity contribution in [3.63, 3.8) is 0 Å². The molecule has 2 rings (SSSR count). The molecule has 102 valence electrons. The molecule has 0 bridgehead atoms. The van der Waals surface area contributed by atoms with Crippen LogP contribution in [0, 0.1) is 0 Å². The van der Waals surface area contributed by atoms with E-state index >= 15 is 0 Å². The van der Waals surface area contributed by atoms with Crippen LogP contribution in [0.2, 0.25) is 0 Å². The van der Waals surface area contributed by atoms with Gasteiger partial charge in [-0.3, -0.25) is 0 Å². The highest BCUT2D eigenvalue weighted by Gasteiger charge is 2.24. The standard InChI is InChI=1S/C12H12BrNO3S2/c1-14(7-10-6-9(13)8-18-10)19(16,17)12-5-3-2-4-11(12)15/h2-6,8,15H,7H2,1H3. The van der Waals surface area contributed by atoms with Crippen LogP contribution in [0.25, 0.3) is 0 Å². The number of aromatic hydroxyl groups is 1. The van der Waals surface area contributed by atoms with Crippen LogP contribution in [0.5, 0.6) is 5.75 Å². The first-order chi connectivity index (χ1) is 8.91. The van der Waals surface area contributed by atoms with Gasteiger partial charge in [-0.15, -0.1) is 11.3 Å². The molecule has 0 amide bonds. The molecule has 0 saturated carbocycles. The Morgan fingerprint density at radius 1 is 1.37 bits per heavy atom. The van der Waals surface area contributed by atoms with E-state index in [0.29, 0.717) is 0 Å². The van der Waals surface area contributed by atoms with Crippen molar-refractivity contribution in [1.82, 2.24) is 4.31 Å². The molecule has 0 aliphatic heterocycles. The minimum Gasteiger partial charge on any atom is -0.507 e. The predicted molar refractivity (Wildman–Crippen MR) is 78.8 cm³/mol. The normalized spacial score (nSPS) is 11.9. The van der Waals surface area contributed by atoms with Crippen molar-refractivity contribution in [2.24, 2.45) is 0 Å². The lowest BCUT2D eigenvalue weighted by Crippen LogP contribution is -2.26. The zero-order valence-corrected chi connectivity index (χ0v) is 13.3. The topological polar surface area (TPSA) is 57.6 Å². The maximum absolute atomic E-state index is 12.3. The molecular weight excluding hydrogens is 350 g/mol. The third kappa shape index (κ3) is 3.17. The van der Waals surface area contributed by atoms with Crippen molar-refractivity contribution in [3.05, 3.63) is 45.1 Å². The highest BCUT2D eigenvalue weighted by Crippen LogP contribution is 2.27. The summed E-state index contributed by atoms with van der Waals surface area (Å²) in [6.45, 7) is 0.271. The van der Waals surface area contributed by atoms with Crippen molar-refractivity contribution in [2.75, 3.05) is 7.05 Å². The van der Waals surface area contributed by atoms with E-state index in [1.165, 1.54) is 34.8 Å². The molecule has 19 heavy (non-hydrogen) atoms. The Kier molecular flexibility index (Phi) is 4.29. The Balaban J connectivity index is 2.27. The van der Waals surface area contributed by atoms with Gasteiger partial charge in [0.25, 0.3) is 0 Å². The number of phenols is 1. The van der Waals surface area contributed by atoms with Crippen LogP contribution in [0.4, 0.5) is 0 Å². The summed E-state index contributed by atoms with van der Waals surface area (Å²) >= 11 is 4.81. The number of rotatable bonds is 4. The molecule has 1 aromatic carbocycles. The van der Waals surface area contributed by atoms with Crippen LogP contribution in [-0.2, 0) is 16.6 Å². The number of thiophene rings is 1. The van der Waals surface area contributed by atoms with Gasteiger partial charge in [0, 0.05) is 28.3 Å². The molecule has 7 heteroatoms. The van der Waals surface area contributed by atoms with Gasteiger partial charge >= 0.3 is 0 Å².